The summed E-state index contributed by atoms with van der Waals surface area (Å²) in [6.07, 6.45) is 27.8. The predicted molar refractivity (Wildman–Crippen MR) is 187 cm³/mol. The monoisotopic (exact) mass is 584 g/mol. The Kier molecular flexibility index (Phi) is 12.7. The molecule has 0 bridgehead atoms. The standard InChI is InChI=1S/C42H64O/c1-4-5-6-7-34-16-19-42-29-41(25-24-40(42)28-34)39-22-20-38(21-23-39)37-17-14-33(15-18-37)9-8-32-10-12-35(13-11-32)27-36(30-43)26-31(2)3/h16,19,24-25,28-29,32-33,35-39,43H,2,4-15,17-18,20-23,26-27,30H2,1,3H3. The summed E-state index contributed by atoms with van der Waals surface area (Å²) in [5.74, 6) is 6.03. The average molecular weight is 585 g/mol. The van der Waals surface area contributed by atoms with Crippen LogP contribution in [0.15, 0.2) is 48.6 Å². The molecule has 0 heterocycles. The topological polar surface area (TPSA) is 20.2 Å². The van der Waals surface area contributed by atoms with Crippen LogP contribution in [0.25, 0.3) is 10.8 Å². The molecule has 1 heteroatoms. The Morgan fingerprint density at radius 3 is 1.95 bits per heavy atom. The zero-order chi connectivity index (χ0) is 30.0. The van der Waals surface area contributed by atoms with E-state index in [0.717, 1.165) is 41.9 Å². The normalized spacial score (nSPS) is 29.0. The zero-order valence-corrected chi connectivity index (χ0v) is 28.0. The van der Waals surface area contributed by atoms with Crippen molar-refractivity contribution in [3.63, 3.8) is 0 Å². The molecule has 0 spiro atoms. The van der Waals surface area contributed by atoms with Gasteiger partial charge >= 0.3 is 0 Å². The van der Waals surface area contributed by atoms with Gasteiger partial charge in [0.2, 0.25) is 0 Å². The summed E-state index contributed by atoms with van der Waals surface area (Å²) in [5, 5.41) is 12.6. The molecule has 1 atom stereocenters. The van der Waals surface area contributed by atoms with Crippen molar-refractivity contribution in [2.24, 2.45) is 35.5 Å². The van der Waals surface area contributed by atoms with Crippen molar-refractivity contribution < 1.29 is 5.11 Å². The van der Waals surface area contributed by atoms with Gasteiger partial charge in [-0.2, -0.15) is 0 Å². The summed E-state index contributed by atoms with van der Waals surface area (Å²) in [7, 11) is 0. The molecule has 1 N–H and O–H groups in total. The number of rotatable bonds is 14. The van der Waals surface area contributed by atoms with Crippen molar-refractivity contribution in [2.45, 2.75) is 148 Å². The number of allylic oxidation sites excluding steroid dienone is 1. The van der Waals surface area contributed by atoms with Crippen LogP contribution in [-0.4, -0.2) is 11.7 Å². The lowest BCUT2D eigenvalue weighted by atomic mass is 9.67. The fourth-order valence-corrected chi connectivity index (χ4v) is 9.59. The number of benzene rings is 2. The van der Waals surface area contributed by atoms with Gasteiger partial charge in [-0.25, -0.2) is 0 Å². The van der Waals surface area contributed by atoms with Crippen LogP contribution in [0.5, 0.6) is 0 Å². The van der Waals surface area contributed by atoms with E-state index >= 15 is 0 Å². The molecule has 0 saturated heterocycles. The summed E-state index contributed by atoms with van der Waals surface area (Å²) < 4.78 is 0. The van der Waals surface area contributed by atoms with E-state index in [0.29, 0.717) is 12.5 Å². The molecule has 3 aliphatic rings. The minimum absolute atomic E-state index is 0.335. The maximum Gasteiger partial charge on any atom is 0.0462 e. The molecule has 2 aromatic carbocycles. The Bertz CT molecular complexity index is 1110. The molecule has 238 valence electrons. The molecule has 2 aromatic rings. The van der Waals surface area contributed by atoms with Crippen LogP contribution in [0, 0.1) is 35.5 Å². The smallest absolute Gasteiger partial charge is 0.0462 e. The summed E-state index contributed by atoms with van der Waals surface area (Å²) in [4.78, 5) is 0. The van der Waals surface area contributed by atoms with Crippen LogP contribution in [-0.2, 0) is 6.42 Å². The maximum absolute atomic E-state index is 9.77. The van der Waals surface area contributed by atoms with Gasteiger partial charge in [-0.15, -0.1) is 6.58 Å². The first-order valence-corrected chi connectivity index (χ1v) is 18.8. The molecule has 0 amide bonds. The van der Waals surface area contributed by atoms with E-state index in [9.17, 15) is 5.11 Å². The number of fused-ring (bicyclic) bond motifs is 1. The molecule has 43 heavy (non-hydrogen) atoms. The van der Waals surface area contributed by atoms with Gasteiger partial charge in [0.15, 0.2) is 0 Å². The molecular formula is C42H64O. The van der Waals surface area contributed by atoms with E-state index < -0.39 is 0 Å². The fourth-order valence-electron chi connectivity index (χ4n) is 9.59. The Morgan fingerprint density at radius 2 is 1.33 bits per heavy atom. The maximum atomic E-state index is 9.77. The van der Waals surface area contributed by atoms with Gasteiger partial charge in [-0.1, -0.05) is 113 Å². The van der Waals surface area contributed by atoms with Gasteiger partial charge in [-0.3, -0.25) is 0 Å². The molecule has 3 aliphatic carbocycles. The second-order valence-corrected chi connectivity index (χ2v) is 15.7. The van der Waals surface area contributed by atoms with E-state index in [1.165, 1.54) is 144 Å². The number of unbranched alkanes of at least 4 members (excludes halogenated alkanes) is 2. The third kappa shape index (κ3) is 9.69. The summed E-state index contributed by atoms with van der Waals surface area (Å²) in [6.45, 7) is 8.80. The Hall–Kier alpha value is -1.60. The highest BCUT2D eigenvalue weighted by molar-refractivity contribution is 5.84. The molecule has 3 fully saturated rings. The van der Waals surface area contributed by atoms with Crippen molar-refractivity contribution in [1.82, 2.24) is 0 Å². The van der Waals surface area contributed by atoms with Crippen LogP contribution in [0.1, 0.15) is 153 Å². The van der Waals surface area contributed by atoms with Gasteiger partial charge in [0, 0.05) is 6.61 Å². The lowest BCUT2D eigenvalue weighted by molar-refractivity contribution is 0.145. The molecule has 3 saturated carbocycles. The van der Waals surface area contributed by atoms with Crippen molar-refractivity contribution >= 4 is 10.8 Å². The highest BCUT2D eigenvalue weighted by Crippen LogP contribution is 2.45. The van der Waals surface area contributed by atoms with E-state index in [1.54, 1.807) is 5.56 Å². The van der Waals surface area contributed by atoms with Gasteiger partial charge in [0.1, 0.15) is 0 Å². The van der Waals surface area contributed by atoms with Crippen LogP contribution < -0.4 is 0 Å². The van der Waals surface area contributed by atoms with Crippen LogP contribution in [0.4, 0.5) is 0 Å². The molecule has 0 aromatic heterocycles. The Morgan fingerprint density at radius 1 is 0.744 bits per heavy atom. The molecule has 0 aliphatic heterocycles. The number of hydrogen-bond acceptors (Lipinski definition) is 1. The van der Waals surface area contributed by atoms with Crippen molar-refractivity contribution in [1.29, 1.82) is 0 Å². The van der Waals surface area contributed by atoms with E-state index in [1.807, 2.05) is 0 Å². The van der Waals surface area contributed by atoms with Gasteiger partial charge < -0.3 is 5.11 Å². The van der Waals surface area contributed by atoms with Gasteiger partial charge in [0.25, 0.3) is 0 Å². The van der Waals surface area contributed by atoms with E-state index in [2.05, 4.69) is 56.8 Å². The summed E-state index contributed by atoms with van der Waals surface area (Å²) in [6, 6.07) is 14.6. The van der Waals surface area contributed by atoms with Crippen molar-refractivity contribution in [3.05, 3.63) is 59.7 Å². The second kappa shape index (κ2) is 16.6. The first kappa shape index (κ1) is 32.8. The molecule has 0 radical (unpaired) electrons. The zero-order valence-electron chi connectivity index (χ0n) is 28.0. The first-order valence-electron chi connectivity index (χ1n) is 18.8. The van der Waals surface area contributed by atoms with Gasteiger partial charge in [-0.05, 0) is 134 Å². The summed E-state index contributed by atoms with van der Waals surface area (Å²) in [5.41, 5.74) is 4.33. The quantitative estimate of drug-likeness (QED) is 0.173. The first-order chi connectivity index (χ1) is 21.0. The Balaban J connectivity index is 0.984. The van der Waals surface area contributed by atoms with Crippen LogP contribution >= 0.6 is 0 Å². The lowest BCUT2D eigenvalue weighted by Crippen LogP contribution is -2.26. The highest BCUT2D eigenvalue weighted by atomic mass is 16.3. The predicted octanol–water partition coefficient (Wildman–Crippen LogP) is 12.2. The third-order valence-corrected chi connectivity index (χ3v) is 12.3. The third-order valence-electron chi connectivity index (χ3n) is 12.3. The SMILES string of the molecule is C=C(C)CC(CO)CC1CCC(CCC2CCC(C3CCC(c4ccc5cc(CCCCC)ccc5c4)CC3)CC2)CC1. The highest BCUT2D eigenvalue weighted by Gasteiger charge is 2.32. The minimum Gasteiger partial charge on any atom is -0.396 e. The Labute approximate surface area is 265 Å². The fraction of sp³-hybridized carbons (Fsp3) is 0.714. The number of hydrogen-bond donors (Lipinski definition) is 1. The number of aryl methyl sites for hydroxylation is 1. The van der Waals surface area contributed by atoms with E-state index in [-0.39, 0.29) is 0 Å². The number of aliphatic hydroxyl groups is 1. The summed E-state index contributed by atoms with van der Waals surface area (Å²) >= 11 is 0. The van der Waals surface area contributed by atoms with Crippen molar-refractivity contribution in [3.8, 4) is 0 Å². The largest absolute Gasteiger partial charge is 0.396 e. The van der Waals surface area contributed by atoms with E-state index in [4.69, 9.17) is 0 Å². The average Bonchev–Trinajstić information content (AvgIpc) is 3.04. The van der Waals surface area contributed by atoms with Crippen LogP contribution in [0.3, 0.4) is 0 Å². The molecular weight excluding hydrogens is 520 g/mol. The molecule has 1 nitrogen and oxygen atoms in total. The molecule has 5 rings (SSSR count). The number of aliphatic hydroxyl groups excluding tert-OH is 1. The van der Waals surface area contributed by atoms with Crippen molar-refractivity contribution in [2.75, 3.05) is 6.61 Å². The molecule has 1 unspecified atom stereocenters. The minimum atomic E-state index is 0.335. The lowest BCUT2D eigenvalue weighted by Gasteiger charge is -2.38. The van der Waals surface area contributed by atoms with Gasteiger partial charge in [0.05, 0.1) is 0 Å². The van der Waals surface area contributed by atoms with Crippen LogP contribution in [0.2, 0.25) is 0 Å². The second-order valence-electron chi connectivity index (χ2n) is 15.7.